The zero-order chi connectivity index (χ0) is 18.5. The molecule has 21 heavy (non-hydrogen) atoms. The Hall–Kier alpha value is -2.50. The summed E-state index contributed by atoms with van der Waals surface area (Å²) in [7, 11) is 0. The number of aryl methyl sites for hydroxylation is 1. The van der Waals surface area contributed by atoms with Crippen LogP contribution in [0.25, 0.3) is 10.9 Å². The van der Waals surface area contributed by atoms with Crippen molar-refractivity contribution in [3.63, 3.8) is 0 Å². The Balaban J connectivity index is 2.42. The molecule has 1 heterocycles. The molecule has 0 spiro atoms. The number of carbonyl (C=O) groups is 2. The lowest BCUT2D eigenvalue weighted by molar-refractivity contribution is -0.132. The minimum atomic E-state index is -2.12. The van der Waals surface area contributed by atoms with Gasteiger partial charge < -0.3 is 5.73 Å². The lowest BCUT2D eigenvalue weighted by Gasteiger charge is -2.24. The van der Waals surface area contributed by atoms with Crippen molar-refractivity contribution in [3.05, 3.63) is 34.4 Å². The largest absolute Gasteiger partial charge is 0.398 e. The zero-order valence-corrected chi connectivity index (χ0v) is 11.0. The molecular weight excluding hydrogens is 270 g/mol. The van der Waals surface area contributed by atoms with Crippen molar-refractivity contribution in [1.29, 1.82) is 0 Å². The minimum Gasteiger partial charge on any atom is -0.398 e. The highest BCUT2D eigenvalue weighted by molar-refractivity contribution is 6.03. The summed E-state index contributed by atoms with van der Waals surface area (Å²) < 4.78 is 32.4. The van der Waals surface area contributed by atoms with Crippen LogP contribution in [0.2, 0.25) is 0 Å². The topological polar surface area (TPSA) is 95.0 Å². The van der Waals surface area contributed by atoms with Gasteiger partial charge in [-0.15, -0.1) is 0 Å². The van der Waals surface area contributed by atoms with Crippen LogP contribution in [0.3, 0.4) is 0 Å². The van der Waals surface area contributed by atoms with E-state index in [9.17, 15) is 14.4 Å². The Bertz CT molecular complexity index is 973. The van der Waals surface area contributed by atoms with Crippen molar-refractivity contribution in [2.75, 3.05) is 5.73 Å². The molecule has 1 unspecified atom stereocenters. The number of aromatic nitrogens is 2. The van der Waals surface area contributed by atoms with Crippen LogP contribution in [0, 0.1) is 6.88 Å². The third-order valence-corrected chi connectivity index (χ3v) is 3.47. The second kappa shape index (κ2) is 4.80. The number of hydrogen-bond acceptors (Lipinski definition) is 5. The summed E-state index contributed by atoms with van der Waals surface area (Å²) in [5, 5.41) is -0.131. The van der Waals surface area contributed by atoms with Crippen LogP contribution in [0.15, 0.2) is 23.0 Å². The third kappa shape index (κ3) is 2.12. The smallest absolute Gasteiger partial charge is 0.264 e. The monoisotopic (exact) mass is 289 g/mol. The van der Waals surface area contributed by atoms with E-state index in [1.54, 1.807) is 0 Å². The molecule has 108 valence electrons. The Labute approximate surface area is 126 Å². The number of nitrogen functional groups attached to an aromatic ring is 1. The Morgan fingerprint density at radius 1 is 1.52 bits per heavy atom. The molecule has 2 aromatic rings. The first kappa shape index (κ1) is 9.44. The maximum Gasteiger partial charge on any atom is 0.264 e. The SMILES string of the molecule is [2H]c1ccc(N)c2c(=O)n(C3([2H])CCC(=O)CC3=O)c(C([2H])[2H])nc12. The van der Waals surface area contributed by atoms with Crippen LogP contribution in [-0.4, -0.2) is 21.1 Å². The molecular formula is C15H15N3O3. The summed E-state index contributed by atoms with van der Waals surface area (Å²) >= 11 is 0. The molecule has 1 atom stereocenters. The number of carbonyl (C=O) groups excluding carboxylic acids is 2. The van der Waals surface area contributed by atoms with Crippen molar-refractivity contribution in [3.8, 4) is 0 Å². The number of nitrogens with zero attached hydrogens (tertiary/aromatic N) is 2. The molecule has 0 aliphatic heterocycles. The van der Waals surface area contributed by atoms with Crippen LogP contribution in [0.4, 0.5) is 5.69 Å². The first-order valence-electron chi connectivity index (χ1n) is 8.54. The van der Waals surface area contributed by atoms with Crippen molar-refractivity contribution in [2.24, 2.45) is 0 Å². The molecule has 0 amide bonds. The Morgan fingerprint density at radius 2 is 2.33 bits per heavy atom. The van der Waals surface area contributed by atoms with Crippen LogP contribution >= 0.6 is 0 Å². The normalized spacial score (nSPS) is 25.6. The summed E-state index contributed by atoms with van der Waals surface area (Å²) in [6.45, 7) is -1.76. The summed E-state index contributed by atoms with van der Waals surface area (Å²) in [6, 6.07) is 0.452. The van der Waals surface area contributed by atoms with E-state index >= 15 is 0 Å². The molecule has 1 fully saturated rings. The highest BCUT2D eigenvalue weighted by atomic mass is 16.2. The van der Waals surface area contributed by atoms with Gasteiger partial charge in [0.25, 0.3) is 5.56 Å². The van der Waals surface area contributed by atoms with Gasteiger partial charge in [-0.1, -0.05) is 6.07 Å². The molecule has 1 aliphatic rings. The second-order valence-corrected chi connectivity index (χ2v) is 4.85. The van der Waals surface area contributed by atoms with Crippen molar-refractivity contribution in [2.45, 2.75) is 32.2 Å². The summed E-state index contributed by atoms with van der Waals surface area (Å²) in [4.78, 5) is 40.9. The zero-order valence-electron chi connectivity index (χ0n) is 15.0. The predicted octanol–water partition coefficient (Wildman–Crippen LogP) is 1.15. The first-order valence-corrected chi connectivity index (χ1v) is 6.38. The number of anilines is 1. The summed E-state index contributed by atoms with van der Waals surface area (Å²) in [6.07, 6.45) is -0.784. The van der Waals surface area contributed by atoms with Crippen molar-refractivity contribution >= 4 is 28.2 Å². The van der Waals surface area contributed by atoms with E-state index in [2.05, 4.69) is 4.98 Å². The number of benzene rings is 1. The van der Waals surface area contributed by atoms with Gasteiger partial charge in [0.15, 0.2) is 5.78 Å². The van der Waals surface area contributed by atoms with Gasteiger partial charge in [0, 0.05) is 14.8 Å². The van der Waals surface area contributed by atoms with Gasteiger partial charge in [0.2, 0.25) is 0 Å². The molecule has 1 aromatic carbocycles. The molecule has 0 radical (unpaired) electrons. The Kier molecular flexibility index (Phi) is 2.16. The lowest BCUT2D eigenvalue weighted by Crippen LogP contribution is -2.36. The number of Topliss-reactive ketones (excluding diaryl/α,β-unsaturated/α-hetero) is 2. The van der Waals surface area contributed by atoms with E-state index in [0.717, 1.165) is 0 Å². The standard InChI is InChI=1S/C15H15N3O3/c1-8-17-11-4-2-3-10(16)14(11)15(21)18(8)12-6-5-9(19)7-13(12)20/h2-4,12H,5-7,16H2,1H3/i1D2,4D,12D. The molecule has 3 rings (SSSR count). The molecule has 6 nitrogen and oxygen atoms in total. The van der Waals surface area contributed by atoms with Gasteiger partial charge in [0.05, 0.1) is 26.1 Å². The van der Waals surface area contributed by atoms with Gasteiger partial charge in [-0.05, 0) is 25.4 Å². The summed E-state index contributed by atoms with van der Waals surface area (Å²) in [5.41, 5.74) is 4.91. The molecule has 0 saturated heterocycles. The quantitative estimate of drug-likeness (QED) is 0.627. The predicted molar refractivity (Wildman–Crippen MR) is 78.1 cm³/mol. The number of fused-ring (bicyclic) bond motifs is 1. The molecule has 2 N–H and O–H groups in total. The van der Waals surface area contributed by atoms with Crippen LogP contribution in [0.5, 0.6) is 0 Å². The highest BCUT2D eigenvalue weighted by Crippen LogP contribution is 2.24. The fourth-order valence-corrected chi connectivity index (χ4v) is 2.46. The highest BCUT2D eigenvalue weighted by Gasteiger charge is 2.30. The van der Waals surface area contributed by atoms with Gasteiger partial charge in [0.1, 0.15) is 11.6 Å². The number of nitrogens with two attached hydrogens (primary N) is 1. The van der Waals surface area contributed by atoms with Crippen LogP contribution in [-0.2, 0) is 9.59 Å². The fourth-order valence-electron chi connectivity index (χ4n) is 2.46. The fraction of sp³-hybridized carbons (Fsp3) is 0.333. The number of hydrogen-bond donors (Lipinski definition) is 1. The van der Waals surface area contributed by atoms with E-state index in [4.69, 9.17) is 11.2 Å². The van der Waals surface area contributed by atoms with E-state index in [1.165, 1.54) is 12.1 Å². The van der Waals surface area contributed by atoms with E-state index in [0.29, 0.717) is 4.57 Å². The summed E-state index contributed by atoms with van der Waals surface area (Å²) in [5.74, 6) is -1.53. The van der Waals surface area contributed by atoms with Crippen molar-refractivity contribution in [1.82, 2.24) is 9.55 Å². The minimum absolute atomic E-state index is 0.0262. The maximum atomic E-state index is 13.0. The maximum absolute atomic E-state index is 13.0. The first-order chi connectivity index (χ1) is 11.7. The van der Waals surface area contributed by atoms with Gasteiger partial charge in [-0.25, -0.2) is 4.98 Å². The van der Waals surface area contributed by atoms with Crippen molar-refractivity contribution < 1.29 is 15.1 Å². The number of ketones is 2. The molecule has 1 aliphatic carbocycles. The number of rotatable bonds is 1. The molecule has 1 saturated carbocycles. The van der Waals surface area contributed by atoms with E-state index in [-0.39, 0.29) is 41.3 Å². The molecule has 6 heteroatoms. The van der Waals surface area contributed by atoms with Gasteiger partial charge in [-0.2, -0.15) is 0 Å². The van der Waals surface area contributed by atoms with E-state index < -0.39 is 36.5 Å². The third-order valence-electron chi connectivity index (χ3n) is 3.47. The van der Waals surface area contributed by atoms with Gasteiger partial charge >= 0.3 is 0 Å². The Morgan fingerprint density at radius 3 is 3.05 bits per heavy atom. The lowest BCUT2D eigenvalue weighted by atomic mass is 9.92. The van der Waals surface area contributed by atoms with Crippen LogP contribution < -0.4 is 11.3 Å². The van der Waals surface area contributed by atoms with Crippen LogP contribution in [0.1, 0.15) is 36.6 Å². The van der Waals surface area contributed by atoms with E-state index in [1.807, 2.05) is 0 Å². The molecule has 0 bridgehead atoms. The molecule has 1 aromatic heterocycles. The average molecular weight is 289 g/mol. The van der Waals surface area contributed by atoms with Gasteiger partial charge in [-0.3, -0.25) is 19.0 Å². The average Bonchev–Trinajstić information content (AvgIpc) is 2.54. The second-order valence-electron chi connectivity index (χ2n) is 4.85.